The molecule has 0 N–H and O–H groups in total. The van der Waals surface area contributed by atoms with Crippen LogP contribution in [0.25, 0.3) is 0 Å². The Bertz CT molecular complexity index is 475. The number of carbonyl (C=O) groups excluding carboxylic acids is 1. The van der Waals surface area contributed by atoms with Crippen molar-refractivity contribution in [1.29, 1.82) is 0 Å². The second kappa shape index (κ2) is 6.46. The number of amides is 1. The lowest BCUT2D eigenvalue weighted by Gasteiger charge is -2.29. The fraction of sp³-hybridized carbons (Fsp3) is 0.688. The third kappa shape index (κ3) is 3.47. The molecule has 0 saturated carbocycles. The number of likely N-dealkylation sites (N-methyl/N-ethyl adjacent to an activating group) is 1. The van der Waals surface area contributed by atoms with Gasteiger partial charge >= 0.3 is 0 Å². The molecule has 0 aliphatic carbocycles. The standard InChI is InChI=1S/C16H24N2O2S/c1-17(2)7-8-18(11-13-4-3-9-21-13)16(19)14-10-12-5-6-15(14)20-12/h3-4,9,12,14-15H,5-8,10-11H2,1-2H3/t12-,14+,15-/m1/s1. The SMILES string of the molecule is CN(C)CCN(Cc1cccs1)C(=O)[C@H]1C[C@H]2CC[C@H]1O2. The normalized spacial score (nSPS) is 27.5. The van der Waals surface area contributed by atoms with Gasteiger partial charge in [0.2, 0.25) is 5.91 Å². The molecule has 0 spiro atoms. The van der Waals surface area contributed by atoms with E-state index in [1.165, 1.54) is 4.88 Å². The first-order valence-corrected chi connectivity index (χ1v) is 8.63. The summed E-state index contributed by atoms with van der Waals surface area (Å²) in [6, 6.07) is 4.16. The van der Waals surface area contributed by atoms with Crippen molar-refractivity contribution in [3.63, 3.8) is 0 Å². The van der Waals surface area contributed by atoms with Gasteiger partial charge in [-0.3, -0.25) is 4.79 Å². The van der Waals surface area contributed by atoms with Crippen LogP contribution < -0.4 is 0 Å². The maximum absolute atomic E-state index is 12.9. The van der Waals surface area contributed by atoms with Gasteiger partial charge in [0.05, 0.1) is 24.7 Å². The van der Waals surface area contributed by atoms with E-state index in [4.69, 9.17) is 4.74 Å². The molecule has 2 bridgehead atoms. The molecule has 2 fully saturated rings. The van der Waals surface area contributed by atoms with E-state index in [9.17, 15) is 4.79 Å². The van der Waals surface area contributed by atoms with Gasteiger partial charge in [-0.1, -0.05) is 6.07 Å². The van der Waals surface area contributed by atoms with E-state index in [0.29, 0.717) is 6.10 Å². The summed E-state index contributed by atoms with van der Waals surface area (Å²) < 4.78 is 5.86. The van der Waals surface area contributed by atoms with Crippen LogP contribution in [0, 0.1) is 5.92 Å². The molecule has 21 heavy (non-hydrogen) atoms. The molecule has 1 aromatic heterocycles. The van der Waals surface area contributed by atoms with E-state index in [-0.39, 0.29) is 17.9 Å². The highest BCUT2D eigenvalue weighted by molar-refractivity contribution is 7.09. The summed E-state index contributed by atoms with van der Waals surface area (Å²) in [6.45, 7) is 2.43. The predicted molar refractivity (Wildman–Crippen MR) is 84.3 cm³/mol. The Morgan fingerprint density at radius 2 is 2.24 bits per heavy atom. The Labute approximate surface area is 130 Å². The van der Waals surface area contributed by atoms with E-state index in [1.54, 1.807) is 11.3 Å². The van der Waals surface area contributed by atoms with E-state index >= 15 is 0 Å². The number of rotatable bonds is 6. The van der Waals surface area contributed by atoms with E-state index < -0.39 is 0 Å². The van der Waals surface area contributed by atoms with Gasteiger partial charge in [0.25, 0.3) is 0 Å². The Kier molecular flexibility index (Phi) is 4.62. The first-order valence-electron chi connectivity index (χ1n) is 7.75. The van der Waals surface area contributed by atoms with Crippen LogP contribution in [-0.2, 0) is 16.1 Å². The third-order valence-electron chi connectivity index (χ3n) is 4.48. The maximum atomic E-state index is 12.9. The molecule has 2 saturated heterocycles. The van der Waals surface area contributed by atoms with Gasteiger partial charge in [0.15, 0.2) is 0 Å². The largest absolute Gasteiger partial charge is 0.374 e. The van der Waals surface area contributed by atoms with Gasteiger partial charge in [0.1, 0.15) is 0 Å². The van der Waals surface area contributed by atoms with Crippen molar-refractivity contribution in [2.45, 2.75) is 38.0 Å². The minimum absolute atomic E-state index is 0.0888. The molecule has 0 radical (unpaired) electrons. The van der Waals surface area contributed by atoms with Crippen molar-refractivity contribution in [3.8, 4) is 0 Å². The molecule has 1 amide bonds. The minimum atomic E-state index is 0.0888. The first-order chi connectivity index (χ1) is 10.1. The summed E-state index contributed by atoms with van der Waals surface area (Å²) in [5.74, 6) is 0.378. The van der Waals surface area contributed by atoms with Gasteiger partial charge in [0, 0.05) is 18.0 Å². The highest BCUT2D eigenvalue weighted by Crippen LogP contribution is 2.39. The van der Waals surface area contributed by atoms with Crippen LogP contribution in [0.4, 0.5) is 0 Å². The fourth-order valence-electron chi connectivity index (χ4n) is 3.31. The zero-order valence-corrected chi connectivity index (χ0v) is 13.6. The second-order valence-electron chi connectivity index (χ2n) is 6.36. The van der Waals surface area contributed by atoms with Gasteiger partial charge in [-0.15, -0.1) is 11.3 Å². The zero-order valence-electron chi connectivity index (χ0n) is 12.8. The number of hydrogen-bond acceptors (Lipinski definition) is 4. The molecular formula is C16H24N2O2S. The molecule has 3 heterocycles. The van der Waals surface area contributed by atoms with Crippen molar-refractivity contribution >= 4 is 17.2 Å². The summed E-state index contributed by atoms with van der Waals surface area (Å²) in [5, 5.41) is 2.07. The topological polar surface area (TPSA) is 32.8 Å². The Morgan fingerprint density at radius 1 is 1.38 bits per heavy atom. The second-order valence-corrected chi connectivity index (χ2v) is 7.39. The Hall–Kier alpha value is -0.910. The molecule has 5 heteroatoms. The van der Waals surface area contributed by atoms with Crippen molar-refractivity contribution < 1.29 is 9.53 Å². The van der Waals surface area contributed by atoms with E-state index in [2.05, 4.69) is 36.5 Å². The summed E-state index contributed by atoms with van der Waals surface area (Å²) in [6.07, 6.45) is 3.62. The molecule has 0 unspecified atom stereocenters. The monoisotopic (exact) mass is 308 g/mol. The summed E-state index contributed by atoms with van der Waals surface area (Å²) >= 11 is 1.72. The van der Waals surface area contributed by atoms with Crippen molar-refractivity contribution in [3.05, 3.63) is 22.4 Å². The fourth-order valence-corrected chi connectivity index (χ4v) is 4.03. The highest BCUT2D eigenvalue weighted by Gasteiger charge is 2.45. The van der Waals surface area contributed by atoms with Crippen molar-refractivity contribution in [2.24, 2.45) is 5.92 Å². The quantitative estimate of drug-likeness (QED) is 0.808. The molecule has 116 valence electrons. The number of thiophene rings is 1. The van der Waals surface area contributed by atoms with Crippen molar-refractivity contribution in [1.82, 2.24) is 9.80 Å². The molecule has 1 aromatic rings. The summed E-state index contributed by atoms with van der Waals surface area (Å²) in [4.78, 5) is 18.3. The molecule has 3 atom stereocenters. The summed E-state index contributed by atoms with van der Waals surface area (Å²) in [5.41, 5.74) is 0. The van der Waals surface area contributed by atoms with Crippen LogP contribution in [0.15, 0.2) is 17.5 Å². The maximum Gasteiger partial charge on any atom is 0.228 e. The van der Waals surface area contributed by atoms with Crippen LogP contribution in [-0.4, -0.2) is 55.1 Å². The molecule has 2 aliphatic heterocycles. The Balaban J connectivity index is 1.66. The van der Waals surface area contributed by atoms with Crippen LogP contribution >= 0.6 is 11.3 Å². The summed E-state index contributed by atoms with van der Waals surface area (Å²) in [7, 11) is 4.10. The predicted octanol–water partition coefficient (Wildman–Crippen LogP) is 2.21. The number of ether oxygens (including phenoxy) is 1. The highest BCUT2D eigenvalue weighted by atomic mass is 32.1. The average Bonchev–Trinajstić information content (AvgIpc) is 3.19. The smallest absolute Gasteiger partial charge is 0.228 e. The van der Waals surface area contributed by atoms with Crippen LogP contribution in [0.2, 0.25) is 0 Å². The van der Waals surface area contributed by atoms with Crippen LogP contribution in [0.1, 0.15) is 24.1 Å². The Morgan fingerprint density at radius 3 is 2.81 bits per heavy atom. The van der Waals surface area contributed by atoms with Crippen LogP contribution in [0.5, 0.6) is 0 Å². The number of hydrogen-bond donors (Lipinski definition) is 0. The number of nitrogens with zero attached hydrogens (tertiary/aromatic N) is 2. The lowest BCUT2D eigenvalue weighted by molar-refractivity contribution is -0.138. The van der Waals surface area contributed by atoms with E-state index in [1.807, 2.05) is 4.90 Å². The third-order valence-corrected chi connectivity index (χ3v) is 5.34. The first kappa shape index (κ1) is 15.0. The van der Waals surface area contributed by atoms with Gasteiger partial charge in [-0.05, 0) is 44.8 Å². The molecule has 0 aromatic carbocycles. The minimum Gasteiger partial charge on any atom is -0.374 e. The number of fused-ring (bicyclic) bond motifs is 2. The van der Waals surface area contributed by atoms with Crippen LogP contribution in [0.3, 0.4) is 0 Å². The van der Waals surface area contributed by atoms with Gasteiger partial charge in [-0.25, -0.2) is 0 Å². The molecule has 4 nitrogen and oxygen atoms in total. The molecule has 2 aliphatic rings. The lowest BCUT2D eigenvalue weighted by atomic mass is 9.88. The molecule has 3 rings (SSSR count). The van der Waals surface area contributed by atoms with Gasteiger partial charge < -0.3 is 14.5 Å². The van der Waals surface area contributed by atoms with Crippen molar-refractivity contribution in [2.75, 3.05) is 27.2 Å². The number of carbonyl (C=O) groups is 1. The zero-order chi connectivity index (χ0) is 14.8. The molecular weight excluding hydrogens is 284 g/mol. The van der Waals surface area contributed by atoms with Gasteiger partial charge in [-0.2, -0.15) is 0 Å². The lowest BCUT2D eigenvalue weighted by Crippen LogP contribution is -2.42. The van der Waals surface area contributed by atoms with E-state index in [0.717, 1.165) is 38.9 Å². The average molecular weight is 308 g/mol.